The number of anilines is 3. The number of aryl methyl sites for hydroxylation is 1. The molecule has 0 atom stereocenters. The maximum Gasteiger partial charge on any atom is 0.0726 e. The maximum absolute atomic E-state index is 4.75. The normalized spacial score (nSPS) is 13.2. The van der Waals surface area contributed by atoms with Crippen LogP contribution in [0.25, 0.3) is 83.0 Å². The Balaban J connectivity index is 1.08. The van der Waals surface area contributed by atoms with Gasteiger partial charge in [0.1, 0.15) is 0 Å². The molecule has 2 aliphatic rings. The van der Waals surface area contributed by atoms with Crippen LogP contribution in [-0.2, 0) is 5.41 Å². The lowest BCUT2D eigenvalue weighted by Gasteiger charge is -2.32. The van der Waals surface area contributed by atoms with E-state index in [1.807, 2.05) is 0 Å². The second-order valence-electron chi connectivity index (χ2n) is 16.8. The molecular weight excluding hydrogens is 735 g/mol. The van der Waals surface area contributed by atoms with Crippen LogP contribution in [-0.4, -0.2) is 0 Å². The molecule has 2 aliphatic carbocycles. The van der Waals surface area contributed by atoms with Crippen molar-refractivity contribution >= 4 is 66.7 Å². The van der Waals surface area contributed by atoms with Gasteiger partial charge in [-0.3, -0.25) is 0 Å². The van der Waals surface area contributed by atoms with E-state index in [-0.39, 0.29) is 0 Å². The van der Waals surface area contributed by atoms with Gasteiger partial charge in [0.05, 0.1) is 16.8 Å². The van der Waals surface area contributed by atoms with Crippen molar-refractivity contribution in [3.05, 3.63) is 239 Å². The Labute approximate surface area is 355 Å². The minimum atomic E-state index is -0.434. The fourth-order valence-electron chi connectivity index (χ4n) is 11.5. The first-order valence-electron chi connectivity index (χ1n) is 21.3. The van der Waals surface area contributed by atoms with E-state index in [2.05, 4.69) is 218 Å². The van der Waals surface area contributed by atoms with Crippen LogP contribution in [0.4, 0.5) is 17.1 Å². The van der Waals surface area contributed by atoms with E-state index in [4.69, 9.17) is 6.58 Å². The molecular formula is C60H39N. The summed E-state index contributed by atoms with van der Waals surface area (Å²) in [5.41, 5.74) is 17.2. The molecule has 61 heavy (non-hydrogen) atoms. The zero-order valence-corrected chi connectivity index (χ0v) is 33.8. The van der Waals surface area contributed by atoms with Gasteiger partial charge in [-0.2, -0.15) is 0 Å². The van der Waals surface area contributed by atoms with Crippen molar-refractivity contribution in [3.8, 4) is 33.4 Å². The highest BCUT2D eigenvalue weighted by atomic mass is 15.1. The first-order chi connectivity index (χ1) is 30.1. The third-order valence-electron chi connectivity index (χ3n) is 13.9. The Morgan fingerprint density at radius 3 is 1.69 bits per heavy atom. The molecule has 0 radical (unpaired) electrons. The zero-order chi connectivity index (χ0) is 40.4. The number of nitrogens with zero attached hydrogens (tertiary/aromatic N) is 1. The molecule has 0 saturated heterocycles. The van der Waals surface area contributed by atoms with E-state index in [9.17, 15) is 0 Å². The van der Waals surface area contributed by atoms with Gasteiger partial charge in [0.25, 0.3) is 0 Å². The molecule has 0 aliphatic heterocycles. The van der Waals surface area contributed by atoms with Crippen LogP contribution in [0.15, 0.2) is 206 Å². The highest BCUT2D eigenvalue weighted by Crippen LogP contribution is 2.64. The average Bonchev–Trinajstić information content (AvgIpc) is 3.79. The second-order valence-corrected chi connectivity index (χ2v) is 16.8. The van der Waals surface area contributed by atoms with Gasteiger partial charge < -0.3 is 4.90 Å². The van der Waals surface area contributed by atoms with E-state index in [1.54, 1.807) is 0 Å². The fourth-order valence-corrected chi connectivity index (χ4v) is 11.5. The van der Waals surface area contributed by atoms with Crippen molar-refractivity contribution in [3.63, 3.8) is 0 Å². The Hall–Kier alpha value is -7.74. The van der Waals surface area contributed by atoms with Crippen molar-refractivity contribution in [2.24, 2.45) is 0 Å². The number of benzene rings is 11. The maximum atomic E-state index is 4.75. The number of hydrogen-bond acceptors (Lipinski definition) is 1. The van der Waals surface area contributed by atoms with Crippen molar-refractivity contribution in [2.45, 2.75) is 12.3 Å². The van der Waals surface area contributed by atoms with Gasteiger partial charge in [0, 0.05) is 16.6 Å². The van der Waals surface area contributed by atoms with E-state index in [1.165, 1.54) is 110 Å². The lowest BCUT2D eigenvalue weighted by Crippen LogP contribution is -2.26. The van der Waals surface area contributed by atoms with Crippen LogP contribution < -0.4 is 10.1 Å². The largest absolute Gasteiger partial charge is 0.309 e. The Morgan fingerprint density at radius 2 is 0.918 bits per heavy atom. The summed E-state index contributed by atoms with van der Waals surface area (Å²) in [6, 6.07) is 76.8. The standard InChI is InChI=1S/C60H39N/c1-37-36-41(33-35-42(37)49-34-32-40-18-13-25-48-45-21-6-5-19-43(45)38(2)57(49)58(40)48)61(55-30-14-17-39-16-3-4-20-44(39)55)56-31-15-29-54-59(56)50-24-9-12-28-53(50)60(54)51-26-10-7-22-46(51)47-23-8-11-27-52(47)60/h3-36H,2H2,1H3. The minimum Gasteiger partial charge on any atom is -0.309 e. The molecule has 0 heterocycles. The van der Waals surface area contributed by atoms with Crippen LogP contribution in [0.3, 0.4) is 0 Å². The topological polar surface area (TPSA) is 3.24 Å². The van der Waals surface area contributed by atoms with Crippen molar-refractivity contribution in [1.82, 2.24) is 0 Å². The van der Waals surface area contributed by atoms with E-state index >= 15 is 0 Å². The monoisotopic (exact) mass is 773 g/mol. The first kappa shape index (κ1) is 34.2. The van der Waals surface area contributed by atoms with Gasteiger partial charge in [-0.15, -0.1) is 0 Å². The van der Waals surface area contributed by atoms with Gasteiger partial charge in [0.15, 0.2) is 0 Å². The minimum absolute atomic E-state index is 0.434. The third-order valence-corrected chi connectivity index (χ3v) is 13.9. The quantitative estimate of drug-likeness (QED) is 0.127. The molecule has 284 valence electrons. The third kappa shape index (κ3) is 4.50. The van der Waals surface area contributed by atoms with Gasteiger partial charge in [-0.1, -0.05) is 189 Å². The molecule has 13 rings (SSSR count). The molecule has 0 unspecified atom stereocenters. The molecule has 11 aromatic rings. The number of hydrogen-bond donors (Lipinski definition) is 0. The fraction of sp³-hybridized carbons (Fsp3) is 0.0333. The van der Waals surface area contributed by atoms with E-state index in [0.29, 0.717) is 0 Å². The van der Waals surface area contributed by atoms with Crippen molar-refractivity contribution in [1.29, 1.82) is 0 Å². The summed E-state index contributed by atoms with van der Waals surface area (Å²) in [5.74, 6) is 0. The predicted octanol–water partition coefficient (Wildman–Crippen LogP) is 15.2. The van der Waals surface area contributed by atoms with E-state index in [0.717, 1.165) is 16.6 Å². The molecule has 0 fully saturated rings. The molecule has 0 aromatic heterocycles. The van der Waals surface area contributed by atoms with Gasteiger partial charge in [-0.05, 0) is 130 Å². The summed E-state index contributed by atoms with van der Waals surface area (Å²) >= 11 is 0. The highest BCUT2D eigenvalue weighted by molar-refractivity contribution is 6.24. The van der Waals surface area contributed by atoms with Gasteiger partial charge in [0.2, 0.25) is 0 Å². The van der Waals surface area contributed by atoms with Gasteiger partial charge in [-0.25, -0.2) is 0 Å². The summed E-state index contributed by atoms with van der Waals surface area (Å²) in [6.45, 7) is 7.02. The molecule has 0 saturated carbocycles. The first-order valence-corrected chi connectivity index (χ1v) is 21.3. The van der Waals surface area contributed by atoms with Crippen LogP contribution in [0.1, 0.15) is 27.8 Å². The summed E-state index contributed by atoms with van der Waals surface area (Å²) in [4.78, 5) is 2.53. The van der Waals surface area contributed by atoms with Gasteiger partial charge >= 0.3 is 0 Å². The summed E-state index contributed by atoms with van der Waals surface area (Å²) in [6.07, 6.45) is 0. The molecule has 1 spiro atoms. The summed E-state index contributed by atoms with van der Waals surface area (Å²) < 4.78 is 0. The van der Waals surface area contributed by atoms with Crippen molar-refractivity contribution < 1.29 is 0 Å². The van der Waals surface area contributed by atoms with Crippen LogP contribution in [0.5, 0.6) is 0 Å². The number of rotatable bonds is 4. The SMILES string of the molecule is C=c1c2ccccc2c2cccc3ccc(-c4ccc(N(c5cccc6c5-c5ccccc5C65c6ccccc6-c6ccccc65)c5cccc6ccccc56)cc4C)c1c32. The van der Waals surface area contributed by atoms with Crippen LogP contribution in [0.2, 0.25) is 0 Å². The molecule has 0 bridgehead atoms. The van der Waals surface area contributed by atoms with Crippen LogP contribution >= 0.6 is 0 Å². The molecule has 0 amide bonds. The molecule has 0 N–H and O–H groups in total. The lowest BCUT2D eigenvalue weighted by atomic mass is 9.70. The Morgan fingerprint density at radius 1 is 0.377 bits per heavy atom. The highest BCUT2D eigenvalue weighted by Gasteiger charge is 2.52. The van der Waals surface area contributed by atoms with Crippen molar-refractivity contribution in [2.75, 3.05) is 4.90 Å². The summed E-state index contributed by atoms with van der Waals surface area (Å²) in [7, 11) is 0. The number of fused-ring (bicyclic) bond motifs is 13. The summed E-state index contributed by atoms with van der Waals surface area (Å²) in [5, 5.41) is 11.0. The van der Waals surface area contributed by atoms with E-state index < -0.39 is 5.41 Å². The molecule has 11 aromatic carbocycles. The van der Waals surface area contributed by atoms with Crippen LogP contribution in [0, 0.1) is 6.92 Å². The molecule has 1 nitrogen and oxygen atoms in total. The lowest BCUT2D eigenvalue weighted by molar-refractivity contribution is 0.794. The Kier molecular flexibility index (Phi) is 7.07. The Bertz CT molecular complexity index is 3650. The molecule has 1 heteroatoms. The second kappa shape index (κ2) is 12.6. The zero-order valence-electron chi connectivity index (χ0n) is 33.8. The smallest absolute Gasteiger partial charge is 0.0726 e. The predicted molar refractivity (Wildman–Crippen MR) is 258 cm³/mol. The average molecular weight is 774 g/mol.